The van der Waals surface area contributed by atoms with Gasteiger partial charge in [0, 0.05) is 37.4 Å². The first kappa shape index (κ1) is 22.7. The number of para-hydroxylation sites is 1. The third kappa shape index (κ3) is 4.98. The van der Waals surface area contributed by atoms with Gasteiger partial charge in [-0.15, -0.1) is 0 Å². The van der Waals surface area contributed by atoms with Gasteiger partial charge in [-0.2, -0.15) is 0 Å². The second kappa shape index (κ2) is 9.58. The number of carbonyl (C=O) groups excluding carboxylic acids is 1. The van der Waals surface area contributed by atoms with Gasteiger partial charge in [0.2, 0.25) is 0 Å². The Morgan fingerprint density at radius 2 is 1.73 bits per heavy atom. The number of rotatable bonds is 6. The Labute approximate surface area is 192 Å². The van der Waals surface area contributed by atoms with Gasteiger partial charge in [-0.1, -0.05) is 18.2 Å². The highest BCUT2D eigenvalue weighted by atomic mass is 19.1. The molecule has 1 aliphatic rings. The van der Waals surface area contributed by atoms with E-state index in [9.17, 15) is 13.6 Å². The molecule has 7 heteroatoms. The van der Waals surface area contributed by atoms with Gasteiger partial charge in [0.15, 0.2) is 11.6 Å². The van der Waals surface area contributed by atoms with E-state index in [1.54, 1.807) is 43.4 Å². The number of benzene rings is 3. The molecule has 0 radical (unpaired) electrons. The Kier molecular flexibility index (Phi) is 6.60. The summed E-state index contributed by atoms with van der Waals surface area (Å²) in [6.07, 6.45) is 0.974. The van der Waals surface area contributed by atoms with Crippen LogP contribution in [0.1, 0.15) is 16.8 Å². The van der Waals surface area contributed by atoms with Gasteiger partial charge in [-0.05, 0) is 69.0 Å². The summed E-state index contributed by atoms with van der Waals surface area (Å²) in [6.45, 7) is 1.54. The minimum atomic E-state index is -0.649. The SMILES string of the molecule is CN(C(=O)c1ccc(Oc2ccccc2)c(F)c1)c1ccc(N2CCC(N(C)C)C2)c(F)c1. The van der Waals surface area contributed by atoms with E-state index >= 15 is 0 Å². The van der Waals surface area contributed by atoms with Crippen molar-refractivity contribution in [2.24, 2.45) is 0 Å². The maximum absolute atomic E-state index is 14.9. The van der Waals surface area contributed by atoms with Crippen molar-refractivity contribution in [2.45, 2.75) is 12.5 Å². The first-order chi connectivity index (χ1) is 15.8. The highest BCUT2D eigenvalue weighted by Crippen LogP contribution is 2.30. The third-order valence-electron chi connectivity index (χ3n) is 6.01. The number of likely N-dealkylation sites (N-methyl/N-ethyl adjacent to an activating group) is 1. The van der Waals surface area contributed by atoms with Crippen molar-refractivity contribution in [3.63, 3.8) is 0 Å². The summed E-state index contributed by atoms with van der Waals surface area (Å²) >= 11 is 0. The van der Waals surface area contributed by atoms with Crippen molar-refractivity contribution >= 4 is 17.3 Å². The number of anilines is 2. The second-order valence-corrected chi connectivity index (χ2v) is 8.41. The number of halogens is 2. The van der Waals surface area contributed by atoms with E-state index in [1.165, 1.54) is 23.1 Å². The van der Waals surface area contributed by atoms with Crippen LogP contribution in [0.4, 0.5) is 20.2 Å². The lowest BCUT2D eigenvalue weighted by atomic mass is 10.1. The fourth-order valence-electron chi connectivity index (χ4n) is 3.99. The van der Waals surface area contributed by atoms with E-state index in [2.05, 4.69) is 4.90 Å². The summed E-state index contributed by atoms with van der Waals surface area (Å²) in [5.41, 5.74) is 1.07. The molecule has 0 aromatic heterocycles. The van der Waals surface area contributed by atoms with Crippen molar-refractivity contribution in [1.82, 2.24) is 4.90 Å². The molecular weight excluding hydrogens is 424 g/mol. The number of ether oxygens (including phenoxy) is 1. The van der Waals surface area contributed by atoms with E-state index in [-0.39, 0.29) is 17.1 Å². The summed E-state index contributed by atoms with van der Waals surface area (Å²) in [5.74, 6) is -0.954. The highest BCUT2D eigenvalue weighted by molar-refractivity contribution is 6.05. The molecular formula is C26H27F2N3O2. The predicted octanol–water partition coefficient (Wildman–Crippen LogP) is 5.17. The molecule has 1 fully saturated rings. The topological polar surface area (TPSA) is 36.0 Å². The molecule has 5 nitrogen and oxygen atoms in total. The molecule has 0 saturated carbocycles. The van der Waals surface area contributed by atoms with Crippen LogP contribution in [0.15, 0.2) is 66.7 Å². The molecule has 1 saturated heterocycles. The smallest absolute Gasteiger partial charge is 0.258 e. The second-order valence-electron chi connectivity index (χ2n) is 8.41. The molecule has 1 amide bonds. The lowest BCUT2D eigenvalue weighted by Gasteiger charge is -2.24. The quantitative estimate of drug-likeness (QED) is 0.518. The molecule has 0 N–H and O–H groups in total. The molecule has 1 unspecified atom stereocenters. The Morgan fingerprint density at radius 1 is 0.970 bits per heavy atom. The molecule has 0 bridgehead atoms. The maximum atomic E-state index is 14.9. The van der Waals surface area contributed by atoms with Crippen LogP contribution in [-0.4, -0.2) is 51.1 Å². The average Bonchev–Trinajstić information content (AvgIpc) is 3.30. The Balaban J connectivity index is 1.48. The molecule has 1 atom stereocenters. The van der Waals surface area contributed by atoms with E-state index in [4.69, 9.17) is 4.74 Å². The minimum Gasteiger partial charge on any atom is -0.454 e. The van der Waals surface area contributed by atoms with Crippen LogP contribution in [0, 0.1) is 11.6 Å². The molecule has 1 heterocycles. The van der Waals surface area contributed by atoms with Gasteiger partial charge in [-0.3, -0.25) is 4.79 Å². The molecule has 3 aromatic carbocycles. The highest BCUT2D eigenvalue weighted by Gasteiger charge is 2.26. The van der Waals surface area contributed by atoms with Crippen LogP contribution in [0.2, 0.25) is 0 Å². The zero-order valence-electron chi connectivity index (χ0n) is 19.0. The van der Waals surface area contributed by atoms with Crippen molar-refractivity contribution in [1.29, 1.82) is 0 Å². The summed E-state index contributed by atoms with van der Waals surface area (Å²) < 4.78 is 35.0. The standard InChI is InChI=1S/C26H27F2N3O2/c1-29(2)20-13-14-31(17-20)24-11-10-19(16-22(24)27)30(3)26(32)18-9-12-25(23(28)15-18)33-21-7-5-4-6-8-21/h4-12,15-16,20H,13-14,17H2,1-3H3. The molecule has 3 aromatic rings. The van der Waals surface area contributed by atoms with E-state index in [1.807, 2.05) is 25.1 Å². The summed E-state index contributed by atoms with van der Waals surface area (Å²) in [5, 5.41) is 0. The first-order valence-corrected chi connectivity index (χ1v) is 10.8. The van der Waals surface area contributed by atoms with E-state index < -0.39 is 11.7 Å². The van der Waals surface area contributed by atoms with Gasteiger partial charge in [0.25, 0.3) is 5.91 Å². The van der Waals surface area contributed by atoms with Gasteiger partial charge in [-0.25, -0.2) is 8.78 Å². The molecule has 0 spiro atoms. The number of nitrogens with zero attached hydrogens (tertiary/aromatic N) is 3. The van der Waals surface area contributed by atoms with Crippen molar-refractivity contribution in [2.75, 3.05) is 44.0 Å². The van der Waals surface area contributed by atoms with Crippen LogP contribution in [0.3, 0.4) is 0 Å². The maximum Gasteiger partial charge on any atom is 0.258 e. The average molecular weight is 452 g/mol. The molecule has 0 aliphatic carbocycles. The monoisotopic (exact) mass is 451 g/mol. The lowest BCUT2D eigenvalue weighted by molar-refractivity contribution is 0.0992. The first-order valence-electron chi connectivity index (χ1n) is 10.8. The number of amides is 1. The molecule has 4 rings (SSSR count). The van der Waals surface area contributed by atoms with Crippen LogP contribution in [0.5, 0.6) is 11.5 Å². The molecule has 172 valence electrons. The van der Waals surface area contributed by atoms with Crippen LogP contribution >= 0.6 is 0 Å². The number of carbonyl (C=O) groups is 1. The molecule has 1 aliphatic heterocycles. The summed E-state index contributed by atoms with van der Waals surface area (Å²) in [6, 6.07) is 18.0. The molecule has 33 heavy (non-hydrogen) atoms. The van der Waals surface area contributed by atoms with E-state index in [0.717, 1.165) is 25.6 Å². The Morgan fingerprint density at radius 3 is 2.36 bits per heavy atom. The van der Waals surface area contributed by atoms with Gasteiger partial charge in [0.05, 0.1) is 5.69 Å². The van der Waals surface area contributed by atoms with Crippen molar-refractivity contribution in [3.8, 4) is 11.5 Å². The predicted molar refractivity (Wildman–Crippen MR) is 126 cm³/mol. The number of hydrogen-bond acceptors (Lipinski definition) is 4. The van der Waals surface area contributed by atoms with Crippen LogP contribution in [-0.2, 0) is 0 Å². The van der Waals surface area contributed by atoms with Crippen molar-refractivity contribution < 1.29 is 18.3 Å². The third-order valence-corrected chi connectivity index (χ3v) is 6.01. The van der Waals surface area contributed by atoms with Crippen LogP contribution in [0.25, 0.3) is 0 Å². The van der Waals surface area contributed by atoms with E-state index in [0.29, 0.717) is 23.2 Å². The Bertz CT molecular complexity index is 1140. The minimum absolute atomic E-state index is 0.0254. The van der Waals surface area contributed by atoms with Crippen LogP contribution < -0.4 is 14.5 Å². The largest absolute Gasteiger partial charge is 0.454 e. The fraction of sp³-hybridized carbons (Fsp3) is 0.269. The van der Waals surface area contributed by atoms with Crippen molar-refractivity contribution in [3.05, 3.63) is 83.9 Å². The Hall–Kier alpha value is -3.45. The number of hydrogen-bond donors (Lipinski definition) is 0. The lowest BCUT2D eigenvalue weighted by Crippen LogP contribution is -2.31. The van der Waals surface area contributed by atoms with Gasteiger partial charge < -0.3 is 19.4 Å². The zero-order valence-corrected chi connectivity index (χ0v) is 19.0. The zero-order chi connectivity index (χ0) is 23.5. The van der Waals surface area contributed by atoms with Gasteiger partial charge in [0.1, 0.15) is 11.6 Å². The fourth-order valence-corrected chi connectivity index (χ4v) is 3.99. The summed E-state index contributed by atoms with van der Waals surface area (Å²) in [4.78, 5) is 18.4. The normalized spacial score (nSPS) is 15.7. The summed E-state index contributed by atoms with van der Waals surface area (Å²) in [7, 11) is 5.59. The van der Waals surface area contributed by atoms with Gasteiger partial charge >= 0.3 is 0 Å².